The molecule has 0 aliphatic rings. The first-order valence-electron chi connectivity index (χ1n) is 7.19. The number of nitrogens with zero attached hydrogens (tertiary/aromatic N) is 1. The molecule has 1 atom stereocenters. The van der Waals surface area contributed by atoms with Gasteiger partial charge in [0.2, 0.25) is 0 Å². The van der Waals surface area contributed by atoms with Gasteiger partial charge in [0.1, 0.15) is 0 Å². The average molecular weight is 305 g/mol. The molecule has 0 saturated carbocycles. The van der Waals surface area contributed by atoms with Crippen LogP contribution in [-0.2, 0) is 0 Å². The van der Waals surface area contributed by atoms with Gasteiger partial charge in [-0.3, -0.25) is 0 Å². The first-order chi connectivity index (χ1) is 10.9. The van der Waals surface area contributed by atoms with Crippen LogP contribution in [0, 0.1) is 0 Å². The number of nitrogens with one attached hydrogen (secondary N) is 2. The SMILES string of the molecule is c1ccc(C(Nc2nccs2)c2c[nH]c3ccccc23)cc1. The summed E-state index contributed by atoms with van der Waals surface area (Å²) in [6.45, 7) is 0. The normalized spacial score (nSPS) is 12.4. The second kappa shape index (κ2) is 5.66. The van der Waals surface area contributed by atoms with E-state index in [0.29, 0.717) is 0 Å². The van der Waals surface area contributed by atoms with Crippen LogP contribution in [0.1, 0.15) is 17.2 Å². The van der Waals surface area contributed by atoms with E-state index in [0.717, 1.165) is 10.6 Å². The Morgan fingerprint density at radius 2 is 1.82 bits per heavy atom. The van der Waals surface area contributed by atoms with E-state index in [-0.39, 0.29) is 6.04 Å². The van der Waals surface area contributed by atoms with Crippen molar-refractivity contribution in [3.8, 4) is 0 Å². The number of rotatable bonds is 4. The fraction of sp³-hybridized carbons (Fsp3) is 0.0556. The Kier molecular flexibility index (Phi) is 3.37. The Morgan fingerprint density at radius 1 is 1.00 bits per heavy atom. The molecule has 2 heterocycles. The number of para-hydroxylation sites is 1. The topological polar surface area (TPSA) is 40.7 Å². The molecule has 4 rings (SSSR count). The van der Waals surface area contributed by atoms with Crippen LogP contribution in [0.3, 0.4) is 0 Å². The fourth-order valence-corrected chi connectivity index (χ4v) is 3.30. The molecule has 0 aliphatic heterocycles. The molecule has 22 heavy (non-hydrogen) atoms. The Balaban J connectivity index is 1.83. The highest BCUT2D eigenvalue weighted by atomic mass is 32.1. The Hall–Kier alpha value is -2.59. The first kappa shape index (κ1) is 13.1. The largest absolute Gasteiger partial charge is 0.361 e. The van der Waals surface area contributed by atoms with Crippen molar-refractivity contribution in [2.45, 2.75) is 6.04 Å². The van der Waals surface area contributed by atoms with Crippen molar-refractivity contribution >= 4 is 27.4 Å². The van der Waals surface area contributed by atoms with Gasteiger partial charge in [-0.15, -0.1) is 11.3 Å². The fourth-order valence-electron chi connectivity index (χ4n) is 2.74. The lowest BCUT2D eigenvalue weighted by molar-refractivity contribution is 0.944. The van der Waals surface area contributed by atoms with Gasteiger partial charge >= 0.3 is 0 Å². The molecule has 0 bridgehead atoms. The Morgan fingerprint density at radius 3 is 2.64 bits per heavy atom. The van der Waals surface area contributed by atoms with Gasteiger partial charge in [0.25, 0.3) is 0 Å². The highest BCUT2D eigenvalue weighted by Crippen LogP contribution is 2.32. The molecule has 2 aromatic heterocycles. The first-order valence-corrected chi connectivity index (χ1v) is 8.07. The molecule has 2 N–H and O–H groups in total. The molecule has 0 fully saturated rings. The summed E-state index contributed by atoms with van der Waals surface area (Å²) in [7, 11) is 0. The van der Waals surface area contributed by atoms with Crippen molar-refractivity contribution in [1.82, 2.24) is 9.97 Å². The third kappa shape index (κ3) is 2.38. The van der Waals surface area contributed by atoms with Crippen molar-refractivity contribution in [2.75, 3.05) is 5.32 Å². The summed E-state index contributed by atoms with van der Waals surface area (Å²) in [5, 5.41) is 7.71. The molecular weight excluding hydrogens is 290 g/mol. The van der Waals surface area contributed by atoms with Crippen LogP contribution in [0.25, 0.3) is 10.9 Å². The molecule has 0 amide bonds. The second-order valence-corrected chi connectivity index (χ2v) is 6.01. The zero-order valence-corrected chi connectivity index (χ0v) is 12.7. The van der Waals surface area contributed by atoms with Crippen molar-refractivity contribution in [3.05, 3.63) is 83.5 Å². The summed E-state index contributed by atoms with van der Waals surface area (Å²) < 4.78 is 0. The summed E-state index contributed by atoms with van der Waals surface area (Å²) in [6.07, 6.45) is 3.91. The zero-order chi connectivity index (χ0) is 14.8. The minimum Gasteiger partial charge on any atom is -0.361 e. The van der Waals surface area contributed by atoms with Crippen LogP contribution in [0.15, 0.2) is 72.4 Å². The summed E-state index contributed by atoms with van der Waals surface area (Å²) in [6, 6.07) is 18.9. The molecule has 2 aromatic carbocycles. The van der Waals surface area contributed by atoms with E-state index in [2.05, 4.69) is 63.9 Å². The van der Waals surface area contributed by atoms with Gasteiger partial charge in [-0.1, -0.05) is 48.5 Å². The number of benzene rings is 2. The van der Waals surface area contributed by atoms with Gasteiger partial charge < -0.3 is 10.3 Å². The van der Waals surface area contributed by atoms with Crippen LogP contribution in [0.5, 0.6) is 0 Å². The average Bonchev–Trinajstić information content (AvgIpc) is 3.23. The maximum atomic E-state index is 4.37. The summed E-state index contributed by atoms with van der Waals surface area (Å²) in [4.78, 5) is 7.73. The van der Waals surface area contributed by atoms with Crippen molar-refractivity contribution in [1.29, 1.82) is 0 Å². The van der Waals surface area contributed by atoms with Crippen LogP contribution in [0.2, 0.25) is 0 Å². The van der Waals surface area contributed by atoms with Gasteiger partial charge in [-0.05, 0) is 11.6 Å². The predicted octanol–water partition coefficient (Wildman–Crippen LogP) is 4.83. The minimum absolute atomic E-state index is 0.0727. The van der Waals surface area contributed by atoms with Crippen molar-refractivity contribution in [3.63, 3.8) is 0 Å². The van der Waals surface area contributed by atoms with E-state index in [1.807, 2.05) is 23.7 Å². The van der Waals surface area contributed by atoms with Gasteiger partial charge in [-0.25, -0.2) is 4.98 Å². The van der Waals surface area contributed by atoms with E-state index in [9.17, 15) is 0 Å². The van der Waals surface area contributed by atoms with Crippen LogP contribution in [0.4, 0.5) is 5.13 Å². The molecule has 4 aromatic rings. The van der Waals surface area contributed by atoms with Crippen LogP contribution in [-0.4, -0.2) is 9.97 Å². The molecule has 3 nitrogen and oxygen atoms in total. The summed E-state index contributed by atoms with van der Waals surface area (Å²) >= 11 is 1.62. The number of H-pyrrole nitrogens is 1. The molecular formula is C18H15N3S. The highest BCUT2D eigenvalue weighted by Gasteiger charge is 2.18. The smallest absolute Gasteiger partial charge is 0.183 e. The number of aromatic nitrogens is 2. The van der Waals surface area contributed by atoms with Gasteiger partial charge in [0, 0.05) is 34.2 Å². The molecule has 0 radical (unpaired) electrons. The standard InChI is InChI=1S/C18H15N3S/c1-2-6-13(7-3-1)17(21-18-19-10-11-22-18)15-12-20-16-9-5-4-8-14(15)16/h1-12,17,20H,(H,19,21). The third-order valence-electron chi connectivity index (χ3n) is 3.77. The number of hydrogen-bond donors (Lipinski definition) is 2. The number of anilines is 1. The van der Waals surface area contributed by atoms with Crippen LogP contribution < -0.4 is 5.32 Å². The number of fused-ring (bicyclic) bond motifs is 1. The van der Waals surface area contributed by atoms with E-state index in [1.165, 1.54) is 16.5 Å². The second-order valence-electron chi connectivity index (χ2n) is 5.11. The molecule has 0 saturated heterocycles. The molecule has 0 spiro atoms. The van der Waals surface area contributed by atoms with Crippen molar-refractivity contribution in [2.24, 2.45) is 0 Å². The summed E-state index contributed by atoms with van der Waals surface area (Å²) in [5.41, 5.74) is 3.61. The van der Waals surface area contributed by atoms with Gasteiger partial charge in [0.05, 0.1) is 6.04 Å². The van der Waals surface area contributed by atoms with E-state index >= 15 is 0 Å². The highest BCUT2D eigenvalue weighted by molar-refractivity contribution is 7.13. The Bertz CT molecular complexity index is 866. The molecule has 108 valence electrons. The lowest BCUT2D eigenvalue weighted by Crippen LogP contribution is -2.11. The van der Waals surface area contributed by atoms with E-state index in [4.69, 9.17) is 0 Å². The van der Waals surface area contributed by atoms with E-state index < -0.39 is 0 Å². The molecule has 0 aliphatic carbocycles. The van der Waals surface area contributed by atoms with Gasteiger partial charge in [0.15, 0.2) is 5.13 Å². The van der Waals surface area contributed by atoms with E-state index in [1.54, 1.807) is 11.3 Å². The monoisotopic (exact) mass is 305 g/mol. The van der Waals surface area contributed by atoms with Gasteiger partial charge in [-0.2, -0.15) is 0 Å². The van der Waals surface area contributed by atoms with Crippen molar-refractivity contribution < 1.29 is 0 Å². The molecule has 1 unspecified atom stereocenters. The van der Waals surface area contributed by atoms with Crippen LogP contribution >= 0.6 is 11.3 Å². The summed E-state index contributed by atoms with van der Waals surface area (Å²) in [5.74, 6) is 0. The zero-order valence-electron chi connectivity index (χ0n) is 11.9. The lowest BCUT2D eigenvalue weighted by atomic mass is 9.98. The maximum Gasteiger partial charge on any atom is 0.183 e. The lowest BCUT2D eigenvalue weighted by Gasteiger charge is -2.18. The molecule has 4 heteroatoms. The number of aromatic amines is 1. The number of hydrogen-bond acceptors (Lipinski definition) is 3. The Labute approximate surface area is 132 Å². The number of thiazole rings is 1. The minimum atomic E-state index is 0.0727. The quantitative estimate of drug-likeness (QED) is 0.567. The predicted molar refractivity (Wildman–Crippen MR) is 92.3 cm³/mol. The maximum absolute atomic E-state index is 4.37. The third-order valence-corrected chi connectivity index (χ3v) is 4.47.